The summed E-state index contributed by atoms with van der Waals surface area (Å²) in [4.78, 5) is 24.3. The van der Waals surface area contributed by atoms with Gasteiger partial charge in [0.1, 0.15) is 0 Å². The first-order chi connectivity index (χ1) is 11.6. The van der Waals surface area contributed by atoms with Gasteiger partial charge >= 0.3 is 0 Å². The van der Waals surface area contributed by atoms with Crippen LogP contribution in [0.1, 0.15) is 15.2 Å². The second-order valence-corrected chi connectivity index (χ2v) is 6.47. The van der Waals surface area contributed by atoms with Gasteiger partial charge in [0.15, 0.2) is 0 Å². The molecule has 3 rings (SSSR count). The molecule has 2 amide bonds. The number of para-hydroxylation sites is 1. The fraction of sp³-hybridized carbons (Fsp3) is 0. The molecule has 24 heavy (non-hydrogen) atoms. The third-order valence-electron chi connectivity index (χ3n) is 3.40. The summed E-state index contributed by atoms with van der Waals surface area (Å²) in [5, 5.41) is 4.23. The standard InChI is InChI=1S/C18H13ClN2O2S/c19-17-12-6-2-4-8-14(12)24-15(17)9-10-16(22)21-13-7-3-1-5-11(13)18(20)23/h1-10H,(H2,20,23)(H,21,22)/b10-9+. The first kappa shape index (κ1) is 16.2. The molecule has 1 heterocycles. The molecule has 3 aromatic rings. The van der Waals surface area contributed by atoms with Crippen LogP contribution >= 0.6 is 22.9 Å². The Morgan fingerprint density at radius 2 is 1.79 bits per heavy atom. The number of carbonyl (C=O) groups excluding carboxylic acids is 2. The number of hydrogen-bond donors (Lipinski definition) is 2. The average Bonchev–Trinajstić information content (AvgIpc) is 2.90. The predicted molar refractivity (Wildman–Crippen MR) is 99.5 cm³/mol. The number of carbonyl (C=O) groups is 2. The van der Waals surface area contributed by atoms with Crippen molar-refractivity contribution in [2.24, 2.45) is 5.73 Å². The number of halogens is 1. The zero-order valence-corrected chi connectivity index (χ0v) is 14.0. The number of hydrogen-bond acceptors (Lipinski definition) is 3. The van der Waals surface area contributed by atoms with Crippen LogP contribution in [0.15, 0.2) is 54.6 Å². The van der Waals surface area contributed by atoms with Gasteiger partial charge in [0.25, 0.3) is 5.91 Å². The molecule has 4 nitrogen and oxygen atoms in total. The van der Waals surface area contributed by atoms with E-state index >= 15 is 0 Å². The summed E-state index contributed by atoms with van der Waals surface area (Å²) in [7, 11) is 0. The average molecular weight is 357 g/mol. The highest BCUT2D eigenvalue weighted by Crippen LogP contribution is 2.35. The molecular formula is C18H13ClN2O2S. The summed E-state index contributed by atoms with van der Waals surface area (Å²) in [5.41, 5.74) is 5.93. The highest BCUT2D eigenvalue weighted by atomic mass is 35.5. The Labute approximate surface area is 147 Å². The summed E-state index contributed by atoms with van der Waals surface area (Å²) in [5.74, 6) is -0.959. The lowest BCUT2D eigenvalue weighted by Gasteiger charge is -2.06. The van der Waals surface area contributed by atoms with Crippen molar-refractivity contribution in [2.75, 3.05) is 5.32 Å². The van der Waals surface area contributed by atoms with Crippen LogP contribution in [0.25, 0.3) is 16.2 Å². The molecule has 0 aliphatic heterocycles. The van der Waals surface area contributed by atoms with Gasteiger partial charge in [-0.25, -0.2) is 0 Å². The molecule has 0 spiro atoms. The Bertz CT molecular complexity index is 963. The topological polar surface area (TPSA) is 72.2 Å². The normalized spacial score (nSPS) is 11.0. The number of primary amides is 1. The molecule has 2 aromatic carbocycles. The van der Waals surface area contributed by atoms with E-state index in [2.05, 4.69) is 5.32 Å². The third kappa shape index (κ3) is 3.32. The second kappa shape index (κ2) is 6.86. The van der Waals surface area contributed by atoms with Gasteiger partial charge in [-0.3, -0.25) is 9.59 Å². The van der Waals surface area contributed by atoms with E-state index in [1.54, 1.807) is 30.3 Å². The summed E-state index contributed by atoms with van der Waals surface area (Å²) >= 11 is 7.84. The molecule has 0 bridgehead atoms. The molecule has 6 heteroatoms. The zero-order chi connectivity index (χ0) is 17.1. The Kier molecular flexibility index (Phi) is 4.64. The van der Waals surface area contributed by atoms with Crippen LogP contribution in [-0.2, 0) is 4.79 Å². The maximum atomic E-state index is 12.1. The van der Waals surface area contributed by atoms with Crippen molar-refractivity contribution in [3.05, 3.63) is 70.1 Å². The Morgan fingerprint density at radius 1 is 1.08 bits per heavy atom. The van der Waals surface area contributed by atoms with Crippen molar-refractivity contribution in [2.45, 2.75) is 0 Å². The largest absolute Gasteiger partial charge is 0.366 e. The molecule has 3 N–H and O–H groups in total. The number of fused-ring (bicyclic) bond motifs is 1. The highest BCUT2D eigenvalue weighted by molar-refractivity contribution is 7.20. The van der Waals surface area contributed by atoms with Gasteiger partial charge in [0.2, 0.25) is 5.91 Å². The summed E-state index contributed by atoms with van der Waals surface area (Å²) in [6, 6.07) is 14.4. The molecule has 0 saturated heterocycles. The molecule has 0 fully saturated rings. The monoisotopic (exact) mass is 356 g/mol. The highest BCUT2D eigenvalue weighted by Gasteiger charge is 2.10. The lowest BCUT2D eigenvalue weighted by atomic mass is 10.1. The van der Waals surface area contributed by atoms with Gasteiger partial charge in [-0.15, -0.1) is 11.3 Å². The van der Waals surface area contributed by atoms with E-state index in [1.165, 1.54) is 17.4 Å². The van der Waals surface area contributed by atoms with Gasteiger partial charge in [-0.1, -0.05) is 41.9 Å². The fourth-order valence-electron chi connectivity index (χ4n) is 2.27. The van der Waals surface area contributed by atoms with Crippen LogP contribution in [0.4, 0.5) is 5.69 Å². The zero-order valence-electron chi connectivity index (χ0n) is 12.5. The van der Waals surface area contributed by atoms with Crippen LogP contribution in [0, 0.1) is 0 Å². The predicted octanol–water partition coefficient (Wildman–Crippen LogP) is 4.31. The molecule has 0 unspecified atom stereocenters. The fourth-order valence-corrected chi connectivity index (χ4v) is 3.67. The lowest BCUT2D eigenvalue weighted by Crippen LogP contribution is -2.16. The number of rotatable bonds is 4. The van der Waals surface area contributed by atoms with Crippen LogP contribution in [-0.4, -0.2) is 11.8 Å². The van der Waals surface area contributed by atoms with Crippen molar-refractivity contribution in [3.8, 4) is 0 Å². The van der Waals surface area contributed by atoms with Crippen molar-refractivity contribution in [1.82, 2.24) is 0 Å². The minimum atomic E-state index is -0.595. The van der Waals surface area contributed by atoms with Crippen LogP contribution in [0.3, 0.4) is 0 Å². The van der Waals surface area contributed by atoms with Gasteiger partial charge < -0.3 is 11.1 Å². The Morgan fingerprint density at radius 3 is 2.54 bits per heavy atom. The molecule has 1 aromatic heterocycles. The van der Waals surface area contributed by atoms with Crippen molar-refractivity contribution < 1.29 is 9.59 Å². The van der Waals surface area contributed by atoms with Gasteiger partial charge in [-0.2, -0.15) is 0 Å². The molecule has 0 saturated carbocycles. The first-order valence-electron chi connectivity index (χ1n) is 7.11. The first-order valence-corrected chi connectivity index (χ1v) is 8.30. The second-order valence-electron chi connectivity index (χ2n) is 5.01. The minimum Gasteiger partial charge on any atom is -0.366 e. The van der Waals surface area contributed by atoms with Gasteiger partial charge in [0, 0.05) is 21.0 Å². The summed E-state index contributed by atoms with van der Waals surface area (Å²) in [6.07, 6.45) is 3.05. The van der Waals surface area contributed by atoms with E-state index in [0.717, 1.165) is 15.0 Å². The maximum Gasteiger partial charge on any atom is 0.250 e. The van der Waals surface area contributed by atoms with Gasteiger partial charge in [-0.05, 0) is 24.3 Å². The molecule has 0 atom stereocenters. The number of nitrogens with two attached hydrogens (primary N) is 1. The summed E-state index contributed by atoms with van der Waals surface area (Å²) < 4.78 is 1.06. The van der Waals surface area contributed by atoms with Crippen LogP contribution < -0.4 is 11.1 Å². The van der Waals surface area contributed by atoms with Crippen LogP contribution in [0.2, 0.25) is 5.02 Å². The quantitative estimate of drug-likeness (QED) is 0.684. The molecule has 0 aliphatic rings. The number of nitrogens with one attached hydrogen (secondary N) is 1. The number of benzene rings is 2. The van der Waals surface area contributed by atoms with Crippen molar-refractivity contribution in [3.63, 3.8) is 0 Å². The van der Waals surface area contributed by atoms with E-state index in [4.69, 9.17) is 17.3 Å². The van der Waals surface area contributed by atoms with E-state index in [0.29, 0.717) is 10.7 Å². The summed E-state index contributed by atoms with van der Waals surface area (Å²) in [6.45, 7) is 0. The molecule has 0 radical (unpaired) electrons. The molecule has 0 aliphatic carbocycles. The van der Waals surface area contributed by atoms with E-state index in [1.807, 2.05) is 24.3 Å². The van der Waals surface area contributed by atoms with E-state index in [-0.39, 0.29) is 11.5 Å². The van der Waals surface area contributed by atoms with Gasteiger partial charge in [0.05, 0.1) is 16.3 Å². The third-order valence-corrected chi connectivity index (χ3v) is 5.05. The molecular weight excluding hydrogens is 344 g/mol. The smallest absolute Gasteiger partial charge is 0.250 e. The Hall–Kier alpha value is -2.63. The molecule has 120 valence electrons. The lowest BCUT2D eigenvalue weighted by molar-refractivity contribution is -0.111. The van der Waals surface area contributed by atoms with Crippen molar-refractivity contribution in [1.29, 1.82) is 0 Å². The Balaban J connectivity index is 1.80. The van der Waals surface area contributed by atoms with E-state index in [9.17, 15) is 9.59 Å². The number of amides is 2. The van der Waals surface area contributed by atoms with Crippen LogP contribution in [0.5, 0.6) is 0 Å². The minimum absolute atomic E-state index is 0.263. The SMILES string of the molecule is NC(=O)c1ccccc1NC(=O)/C=C/c1sc2ccccc2c1Cl. The maximum absolute atomic E-state index is 12.1. The number of thiophene rings is 1. The number of anilines is 1. The van der Waals surface area contributed by atoms with Crippen molar-refractivity contribution >= 4 is 56.6 Å². The van der Waals surface area contributed by atoms with E-state index < -0.39 is 5.91 Å².